The lowest BCUT2D eigenvalue weighted by molar-refractivity contribution is 0.222. The van der Waals surface area contributed by atoms with E-state index in [2.05, 4.69) is 56.1 Å². The summed E-state index contributed by atoms with van der Waals surface area (Å²) in [7, 11) is 2.23. The van der Waals surface area contributed by atoms with E-state index in [9.17, 15) is 0 Å². The van der Waals surface area contributed by atoms with Crippen molar-refractivity contribution in [3.63, 3.8) is 0 Å². The lowest BCUT2D eigenvalue weighted by Crippen LogP contribution is -2.34. The lowest BCUT2D eigenvalue weighted by atomic mass is 9.98. The Morgan fingerprint density at radius 1 is 1.18 bits per heavy atom. The zero-order valence-corrected chi connectivity index (χ0v) is 11.2. The van der Waals surface area contributed by atoms with Crippen LogP contribution >= 0.6 is 0 Å². The minimum Gasteiger partial charge on any atom is -0.300 e. The number of piperidine rings is 1. The van der Waals surface area contributed by atoms with Crippen LogP contribution in [0.25, 0.3) is 6.08 Å². The molecule has 1 nitrogen and oxygen atoms in total. The van der Waals surface area contributed by atoms with Gasteiger partial charge in [-0.3, -0.25) is 4.90 Å². The van der Waals surface area contributed by atoms with Crippen molar-refractivity contribution >= 4 is 6.08 Å². The largest absolute Gasteiger partial charge is 0.300 e. The molecule has 0 radical (unpaired) electrons. The Bertz CT molecular complexity index is 386. The van der Waals surface area contributed by atoms with Crippen LogP contribution in [0.3, 0.4) is 0 Å². The summed E-state index contributed by atoms with van der Waals surface area (Å²) in [6.45, 7) is 5.62. The van der Waals surface area contributed by atoms with Gasteiger partial charge < -0.3 is 0 Å². The number of likely N-dealkylation sites (tertiary alicyclic amines) is 1. The Morgan fingerprint density at radius 3 is 2.53 bits per heavy atom. The molecule has 0 spiro atoms. The van der Waals surface area contributed by atoms with E-state index in [4.69, 9.17) is 0 Å². The van der Waals surface area contributed by atoms with E-state index in [0.29, 0.717) is 6.04 Å². The lowest BCUT2D eigenvalue weighted by Gasteiger charge is -2.30. The molecule has 0 saturated carbocycles. The third-order valence-electron chi connectivity index (χ3n) is 3.85. The minimum atomic E-state index is 0.628. The smallest absolute Gasteiger partial charge is 0.0278 e. The first-order chi connectivity index (χ1) is 8.18. The van der Waals surface area contributed by atoms with Crippen molar-refractivity contribution in [3.8, 4) is 0 Å². The zero-order valence-electron chi connectivity index (χ0n) is 11.2. The van der Waals surface area contributed by atoms with Gasteiger partial charge in [-0.1, -0.05) is 36.8 Å². The molecule has 0 N–H and O–H groups in total. The van der Waals surface area contributed by atoms with Gasteiger partial charge in [0, 0.05) is 6.04 Å². The number of hydrogen-bond donors (Lipinski definition) is 0. The summed E-state index contributed by atoms with van der Waals surface area (Å²) in [4.78, 5) is 2.47. The van der Waals surface area contributed by atoms with Crippen molar-refractivity contribution in [2.75, 3.05) is 13.6 Å². The number of benzene rings is 1. The molecule has 92 valence electrons. The van der Waals surface area contributed by atoms with Crippen LogP contribution in [0.1, 0.15) is 36.0 Å². The number of nitrogens with zero attached hydrogens (tertiary/aromatic N) is 1. The van der Waals surface area contributed by atoms with Gasteiger partial charge in [-0.05, 0) is 57.0 Å². The molecule has 0 amide bonds. The molecule has 1 aromatic rings. The number of hydrogen-bond acceptors (Lipinski definition) is 1. The van der Waals surface area contributed by atoms with Crippen LogP contribution < -0.4 is 0 Å². The van der Waals surface area contributed by atoms with E-state index in [-0.39, 0.29) is 0 Å². The Labute approximate surface area is 105 Å². The van der Waals surface area contributed by atoms with E-state index < -0.39 is 0 Å². The maximum absolute atomic E-state index is 2.47. The van der Waals surface area contributed by atoms with Crippen molar-refractivity contribution in [2.45, 2.75) is 39.2 Å². The molecule has 0 aliphatic carbocycles. The topological polar surface area (TPSA) is 3.24 Å². The van der Waals surface area contributed by atoms with Crippen LogP contribution in [0.4, 0.5) is 0 Å². The van der Waals surface area contributed by atoms with Crippen molar-refractivity contribution in [3.05, 3.63) is 41.0 Å². The molecule has 0 aromatic heterocycles. The molecule has 0 bridgehead atoms. The number of rotatable bonds is 2. The summed E-state index contributed by atoms with van der Waals surface area (Å²) in [6.07, 6.45) is 8.72. The molecular formula is C16H23N. The van der Waals surface area contributed by atoms with Crippen LogP contribution in [0.5, 0.6) is 0 Å². The summed E-state index contributed by atoms with van der Waals surface area (Å²) >= 11 is 0. The van der Waals surface area contributed by atoms with Crippen molar-refractivity contribution in [1.82, 2.24) is 4.90 Å². The predicted molar refractivity (Wildman–Crippen MR) is 75.2 cm³/mol. The third kappa shape index (κ3) is 2.98. The van der Waals surface area contributed by atoms with Crippen molar-refractivity contribution < 1.29 is 0 Å². The van der Waals surface area contributed by atoms with E-state index in [1.54, 1.807) is 0 Å². The number of aryl methyl sites for hydroxylation is 2. The maximum Gasteiger partial charge on any atom is 0.0278 e. The van der Waals surface area contributed by atoms with E-state index in [1.807, 2.05) is 0 Å². The second-order valence-electron chi connectivity index (χ2n) is 5.21. The summed E-state index contributed by atoms with van der Waals surface area (Å²) in [5.74, 6) is 0. The highest BCUT2D eigenvalue weighted by atomic mass is 15.1. The molecule has 1 heterocycles. The maximum atomic E-state index is 2.47. The Kier molecular flexibility index (Phi) is 4.01. The monoisotopic (exact) mass is 229 g/mol. The molecule has 2 rings (SSSR count). The van der Waals surface area contributed by atoms with Crippen LogP contribution in [0.15, 0.2) is 24.3 Å². The first-order valence-electron chi connectivity index (χ1n) is 6.63. The fraction of sp³-hybridized carbons (Fsp3) is 0.500. The minimum absolute atomic E-state index is 0.628. The fourth-order valence-electron chi connectivity index (χ4n) is 2.64. The Balaban J connectivity index is 2.14. The molecule has 1 saturated heterocycles. The molecule has 17 heavy (non-hydrogen) atoms. The predicted octanol–water partition coefficient (Wildman–Crippen LogP) is 3.80. The van der Waals surface area contributed by atoms with Gasteiger partial charge in [0.1, 0.15) is 0 Å². The molecular weight excluding hydrogens is 206 g/mol. The summed E-state index contributed by atoms with van der Waals surface area (Å²) in [5.41, 5.74) is 4.14. The van der Waals surface area contributed by atoms with Crippen LogP contribution in [-0.2, 0) is 0 Å². The Morgan fingerprint density at radius 2 is 1.88 bits per heavy atom. The molecule has 1 heteroatoms. The summed E-state index contributed by atoms with van der Waals surface area (Å²) in [5, 5.41) is 0. The van der Waals surface area contributed by atoms with Gasteiger partial charge in [-0.25, -0.2) is 0 Å². The fourth-order valence-corrected chi connectivity index (χ4v) is 2.64. The highest BCUT2D eigenvalue weighted by molar-refractivity contribution is 5.57. The SMILES string of the molecule is Cc1cccc(C)c1C=CC1CCCCN1C. The second-order valence-corrected chi connectivity index (χ2v) is 5.21. The summed E-state index contributed by atoms with van der Waals surface area (Å²) in [6, 6.07) is 7.14. The quantitative estimate of drug-likeness (QED) is 0.745. The average molecular weight is 229 g/mol. The van der Waals surface area contributed by atoms with Gasteiger partial charge in [0.05, 0.1) is 0 Å². The van der Waals surface area contributed by atoms with Gasteiger partial charge in [-0.15, -0.1) is 0 Å². The van der Waals surface area contributed by atoms with Gasteiger partial charge in [0.15, 0.2) is 0 Å². The van der Waals surface area contributed by atoms with Gasteiger partial charge in [-0.2, -0.15) is 0 Å². The third-order valence-corrected chi connectivity index (χ3v) is 3.85. The van der Waals surface area contributed by atoms with Crippen LogP contribution in [0, 0.1) is 13.8 Å². The van der Waals surface area contributed by atoms with Crippen molar-refractivity contribution in [2.24, 2.45) is 0 Å². The Hall–Kier alpha value is -1.08. The van der Waals surface area contributed by atoms with Crippen LogP contribution in [-0.4, -0.2) is 24.5 Å². The first-order valence-corrected chi connectivity index (χ1v) is 6.63. The molecule has 1 aliphatic heterocycles. The van der Waals surface area contributed by atoms with E-state index in [0.717, 1.165) is 0 Å². The molecule has 1 aromatic carbocycles. The highest BCUT2D eigenvalue weighted by Gasteiger charge is 2.15. The molecule has 1 atom stereocenters. The van der Waals surface area contributed by atoms with E-state index in [1.165, 1.54) is 42.5 Å². The van der Waals surface area contributed by atoms with Crippen molar-refractivity contribution in [1.29, 1.82) is 0 Å². The normalized spacial score (nSPS) is 22.2. The molecule has 1 unspecified atom stereocenters. The molecule has 1 aliphatic rings. The van der Waals surface area contributed by atoms with Gasteiger partial charge >= 0.3 is 0 Å². The average Bonchev–Trinajstić information content (AvgIpc) is 2.30. The molecule has 1 fully saturated rings. The van der Waals surface area contributed by atoms with Crippen LogP contribution in [0.2, 0.25) is 0 Å². The first kappa shape index (κ1) is 12.4. The highest BCUT2D eigenvalue weighted by Crippen LogP contribution is 2.19. The zero-order chi connectivity index (χ0) is 12.3. The number of likely N-dealkylation sites (N-methyl/N-ethyl adjacent to an activating group) is 1. The second kappa shape index (κ2) is 5.50. The van der Waals surface area contributed by atoms with E-state index >= 15 is 0 Å². The van der Waals surface area contributed by atoms with Gasteiger partial charge in [0.25, 0.3) is 0 Å². The standard InChI is InChI=1S/C16H23N/c1-13-7-6-8-14(2)16(13)11-10-15-9-4-5-12-17(15)3/h6-8,10-11,15H,4-5,9,12H2,1-3H3. The van der Waals surface area contributed by atoms with Gasteiger partial charge in [0.2, 0.25) is 0 Å². The summed E-state index contributed by atoms with van der Waals surface area (Å²) < 4.78 is 0.